The maximum absolute atomic E-state index is 12.9. The molecule has 0 radical (unpaired) electrons. The topological polar surface area (TPSA) is 73.0 Å². The average Bonchev–Trinajstić information content (AvgIpc) is 2.82. The van der Waals surface area contributed by atoms with Gasteiger partial charge < -0.3 is 15.1 Å². The van der Waals surface area contributed by atoms with E-state index in [1.54, 1.807) is 4.90 Å². The summed E-state index contributed by atoms with van der Waals surface area (Å²) in [4.78, 5) is 42.9. The smallest absolute Gasteiger partial charge is 0.325 e. The normalized spacial score (nSPS) is 24.3. The summed E-state index contributed by atoms with van der Waals surface area (Å²) in [5, 5.41) is 2.89. The van der Waals surface area contributed by atoms with Crippen molar-refractivity contribution in [2.24, 2.45) is 5.92 Å². The minimum atomic E-state index is -0.799. The van der Waals surface area contributed by atoms with E-state index in [1.807, 2.05) is 0 Å². The molecule has 3 aliphatic rings. The lowest BCUT2D eigenvalue weighted by molar-refractivity contribution is -0.140. The van der Waals surface area contributed by atoms with Crippen LogP contribution in [0.15, 0.2) is 0 Å². The molecule has 0 aromatic rings. The van der Waals surface area contributed by atoms with Gasteiger partial charge in [-0.3, -0.25) is 14.5 Å². The molecule has 3 heterocycles. The van der Waals surface area contributed by atoms with Crippen molar-refractivity contribution in [3.63, 3.8) is 0 Å². The van der Waals surface area contributed by atoms with Crippen LogP contribution in [0.1, 0.15) is 46.0 Å². The van der Waals surface area contributed by atoms with Crippen molar-refractivity contribution in [2.75, 3.05) is 39.3 Å². The highest BCUT2D eigenvalue weighted by atomic mass is 16.2. The fourth-order valence-electron chi connectivity index (χ4n) is 4.17. The Labute approximate surface area is 149 Å². The summed E-state index contributed by atoms with van der Waals surface area (Å²) in [5.41, 5.74) is -0.799. The van der Waals surface area contributed by atoms with Crippen LogP contribution in [0.3, 0.4) is 0 Å². The van der Waals surface area contributed by atoms with E-state index < -0.39 is 11.6 Å². The third kappa shape index (κ3) is 3.81. The van der Waals surface area contributed by atoms with Crippen molar-refractivity contribution >= 4 is 17.8 Å². The molecule has 1 spiro atoms. The summed E-state index contributed by atoms with van der Waals surface area (Å²) in [5.74, 6) is 0.256. The molecule has 0 aromatic heterocycles. The Hall–Kier alpha value is -1.63. The zero-order valence-corrected chi connectivity index (χ0v) is 15.4. The van der Waals surface area contributed by atoms with Crippen LogP contribution in [-0.2, 0) is 9.59 Å². The molecule has 1 N–H and O–H groups in total. The zero-order chi connectivity index (χ0) is 18.0. The first-order valence-corrected chi connectivity index (χ1v) is 9.55. The molecule has 0 unspecified atom stereocenters. The molecule has 0 atom stereocenters. The molecule has 3 saturated heterocycles. The monoisotopic (exact) mass is 350 g/mol. The van der Waals surface area contributed by atoms with Crippen LogP contribution < -0.4 is 5.32 Å². The van der Waals surface area contributed by atoms with Gasteiger partial charge in [0.1, 0.15) is 12.1 Å². The molecule has 0 saturated carbocycles. The third-order valence-corrected chi connectivity index (χ3v) is 5.58. The first-order valence-electron chi connectivity index (χ1n) is 9.55. The number of nitrogens with zero attached hydrogens (tertiary/aromatic N) is 3. The van der Waals surface area contributed by atoms with E-state index in [2.05, 4.69) is 24.1 Å². The number of piperidine rings is 2. The lowest BCUT2D eigenvalue weighted by Gasteiger charge is -2.38. The zero-order valence-electron chi connectivity index (χ0n) is 15.4. The van der Waals surface area contributed by atoms with Crippen molar-refractivity contribution in [3.8, 4) is 0 Å². The van der Waals surface area contributed by atoms with E-state index in [0.29, 0.717) is 18.8 Å². The minimum Gasteiger partial charge on any atom is -0.341 e. The van der Waals surface area contributed by atoms with Crippen LogP contribution >= 0.6 is 0 Å². The number of amides is 4. The molecule has 0 aliphatic carbocycles. The van der Waals surface area contributed by atoms with Gasteiger partial charge in [0.25, 0.3) is 5.91 Å². The number of urea groups is 1. The van der Waals surface area contributed by atoms with Gasteiger partial charge in [0.05, 0.1) is 0 Å². The van der Waals surface area contributed by atoms with Gasteiger partial charge in [0.15, 0.2) is 0 Å². The highest BCUT2D eigenvalue weighted by Gasteiger charge is 2.52. The second-order valence-corrected chi connectivity index (χ2v) is 8.04. The summed E-state index contributed by atoms with van der Waals surface area (Å²) in [6.45, 7) is 8.32. The molecule has 3 rings (SSSR count). The van der Waals surface area contributed by atoms with Crippen molar-refractivity contribution in [1.82, 2.24) is 20.0 Å². The van der Waals surface area contributed by atoms with Gasteiger partial charge in [0.2, 0.25) is 5.91 Å². The minimum absolute atomic E-state index is 0.113. The van der Waals surface area contributed by atoms with Crippen LogP contribution in [-0.4, -0.2) is 77.4 Å². The highest BCUT2D eigenvalue weighted by Crippen LogP contribution is 2.29. The average molecular weight is 350 g/mol. The predicted molar refractivity (Wildman–Crippen MR) is 93.9 cm³/mol. The predicted octanol–water partition coefficient (Wildman–Crippen LogP) is 1.04. The van der Waals surface area contributed by atoms with Crippen LogP contribution in [0, 0.1) is 5.92 Å². The van der Waals surface area contributed by atoms with E-state index in [-0.39, 0.29) is 18.4 Å². The fraction of sp³-hybridized carbons (Fsp3) is 0.833. The van der Waals surface area contributed by atoms with Gasteiger partial charge in [-0.05, 0) is 38.0 Å². The Balaban J connectivity index is 1.59. The molecule has 0 aromatic carbocycles. The Bertz CT molecular complexity index is 534. The highest BCUT2D eigenvalue weighted by molar-refractivity contribution is 6.09. The number of rotatable bonds is 4. The summed E-state index contributed by atoms with van der Waals surface area (Å²) < 4.78 is 0. The summed E-state index contributed by atoms with van der Waals surface area (Å²) >= 11 is 0. The number of nitrogens with one attached hydrogen (secondary N) is 1. The second kappa shape index (κ2) is 7.32. The van der Waals surface area contributed by atoms with Crippen molar-refractivity contribution in [1.29, 1.82) is 0 Å². The van der Waals surface area contributed by atoms with Gasteiger partial charge in [-0.25, -0.2) is 4.79 Å². The number of hydrogen-bond acceptors (Lipinski definition) is 4. The molecule has 7 nitrogen and oxygen atoms in total. The molecule has 4 amide bonds. The SMILES string of the molecule is CC(C)CN1CCC2(CC1)NC(=O)N(CC(=O)N1CCCCC1)C2=O. The number of carbonyl (C=O) groups is 3. The number of likely N-dealkylation sites (tertiary alicyclic amines) is 2. The van der Waals surface area contributed by atoms with Gasteiger partial charge >= 0.3 is 6.03 Å². The van der Waals surface area contributed by atoms with E-state index in [1.165, 1.54) is 0 Å². The van der Waals surface area contributed by atoms with Gasteiger partial charge in [0, 0.05) is 32.7 Å². The quantitative estimate of drug-likeness (QED) is 0.769. The Morgan fingerprint density at radius 2 is 1.72 bits per heavy atom. The summed E-state index contributed by atoms with van der Waals surface area (Å²) in [6.07, 6.45) is 4.39. The fourth-order valence-corrected chi connectivity index (χ4v) is 4.17. The summed E-state index contributed by atoms with van der Waals surface area (Å²) in [6, 6.07) is -0.410. The van der Waals surface area contributed by atoms with Gasteiger partial charge in [-0.15, -0.1) is 0 Å². The van der Waals surface area contributed by atoms with Gasteiger partial charge in [-0.2, -0.15) is 0 Å². The first-order chi connectivity index (χ1) is 11.9. The van der Waals surface area contributed by atoms with Crippen LogP contribution in [0.2, 0.25) is 0 Å². The molecular formula is C18H30N4O3. The Morgan fingerprint density at radius 3 is 2.32 bits per heavy atom. The van der Waals surface area contributed by atoms with Crippen LogP contribution in [0.25, 0.3) is 0 Å². The van der Waals surface area contributed by atoms with Crippen LogP contribution in [0.4, 0.5) is 4.79 Å². The van der Waals surface area contributed by atoms with E-state index in [0.717, 1.165) is 56.9 Å². The van der Waals surface area contributed by atoms with E-state index >= 15 is 0 Å². The Morgan fingerprint density at radius 1 is 1.08 bits per heavy atom. The third-order valence-electron chi connectivity index (χ3n) is 5.58. The Kier molecular flexibility index (Phi) is 5.32. The van der Waals surface area contributed by atoms with E-state index in [9.17, 15) is 14.4 Å². The molecule has 0 bridgehead atoms. The molecule has 3 aliphatic heterocycles. The maximum Gasteiger partial charge on any atom is 0.325 e. The molecule has 25 heavy (non-hydrogen) atoms. The van der Waals surface area contributed by atoms with E-state index in [4.69, 9.17) is 0 Å². The lowest BCUT2D eigenvalue weighted by atomic mass is 9.87. The molecule has 3 fully saturated rings. The van der Waals surface area contributed by atoms with Gasteiger partial charge in [-0.1, -0.05) is 13.8 Å². The largest absolute Gasteiger partial charge is 0.341 e. The molecule has 140 valence electrons. The molecule has 7 heteroatoms. The number of carbonyl (C=O) groups excluding carboxylic acids is 3. The number of imide groups is 1. The van der Waals surface area contributed by atoms with Crippen molar-refractivity contribution < 1.29 is 14.4 Å². The van der Waals surface area contributed by atoms with Crippen LogP contribution in [0.5, 0.6) is 0 Å². The number of hydrogen-bond donors (Lipinski definition) is 1. The standard InChI is InChI=1S/C18H30N4O3/c1-14(2)12-20-10-6-18(7-11-20)16(24)22(17(25)19-18)13-15(23)21-8-4-3-5-9-21/h14H,3-13H2,1-2H3,(H,19,25). The second-order valence-electron chi connectivity index (χ2n) is 8.04. The van der Waals surface area contributed by atoms with Crippen molar-refractivity contribution in [2.45, 2.75) is 51.5 Å². The lowest BCUT2D eigenvalue weighted by Crippen LogP contribution is -2.55. The molecular weight excluding hydrogens is 320 g/mol. The maximum atomic E-state index is 12.9. The van der Waals surface area contributed by atoms with Crippen molar-refractivity contribution in [3.05, 3.63) is 0 Å². The first kappa shape index (κ1) is 18.2. The summed E-state index contributed by atoms with van der Waals surface area (Å²) in [7, 11) is 0.